The minimum absolute atomic E-state index is 0.0803. The highest BCUT2D eigenvalue weighted by molar-refractivity contribution is 5.83. The second kappa shape index (κ2) is 7.17. The Morgan fingerprint density at radius 1 is 1.38 bits per heavy atom. The Hall–Kier alpha value is -2.15. The van der Waals surface area contributed by atoms with Crippen LogP contribution < -0.4 is 4.74 Å². The molecule has 0 unspecified atom stereocenters. The molecule has 0 aliphatic carbocycles. The maximum atomic E-state index is 13.8. The van der Waals surface area contributed by atoms with E-state index in [1.54, 1.807) is 12.1 Å². The van der Waals surface area contributed by atoms with E-state index in [0.29, 0.717) is 25.1 Å². The standard InChI is InChI=1S/C17H20FNO5/c18-13-5-1-3-11-9-14(24-16(11)13)17(22)19(7-6-15(20)21)10-12-4-2-8-23-12/h1,3,5,12,14H,2,4,6-10H2,(H,20,21)/t12-,14-/m1/s1. The van der Waals surface area contributed by atoms with Gasteiger partial charge in [-0.2, -0.15) is 0 Å². The summed E-state index contributed by atoms with van der Waals surface area (Å²) in [5.74, 6) is -1.66. The van der Waals surface area contributed by atoms with E-state index in [-0.39, 0.29) is 30.7 Å². The van der Waals surface area contributed by atoms with Crippen LogP contribution in [0.4, 0.5) is 4.39 Å². The van der Waals surface area contributed by atoms with Crippen molar-refractivity contribution in [3.8, 4) is 5.75 Å². The number of carbonyl (C=O) groups excluding carboxylic acids is 1. The first kappa shape index (κ1) is 16.7. The topological polar surface area (TPSA) is 76.1 Å². The number of para-hydroxylation sites is 1. The summed E-state index contributed by atoms with van der Waals surface area (Å²) in [4.78, 5) is 25.1. The zero-order chi connectivity index (χ0) is 17.1. The normalized spacial score (nSPS) is 22.0. The van der Waals surface area contributed by atoms with E-state index in [0.717, 1.165) is 12.8 Å². The number of nitrogens with zero attached hydrogens (tertiary/aromatic N) is 1. The summed E-state index contributed by atoms with van der Waals surface area (Å²) < 4.78 is 24.8. The van der Waals surface area contributed by atoms with Crippen molar-refractivity contribution in [2.75, 3.05) is 19.7 Å². The number of carboxylic acid groups (broad SMARTS) is 1. The lowest BCUT2D eigenvalue weighted by Crippen LogP contribution is -2.45. The molecule has 0 bridgehead atoms. The Morgan fingerprint density at radius 2 is 2.21 bits per heavy atom. The number of hydrogen-bond acceptors (Lipinski definition) is 4. The summed E-state index contributed by atoms with van der Waals surface area (Å²) in [6, 6.07) is 4.60. The highest BCUT2D eigenvalue weighted by Gasteiger charge is 2.35. The van der Waals surface area contributed by atoms with Gasteiger partial charge in [-0.1, -0.05) is 12.1 Å². The van der Waals surface area contributed by atoms with E-state index in [9.17, 15) is 14.0 Å². The lowest BCUT2D eigenvalue weighted by Gasteiger charge is -2.27. The van der Waals surface area contributed by atoms with E-state index in [1.807, 2.05) is 0 Å². The number of hydrogen-bond donors (Lipinski definition) is 1. The van der Waals surface area contributed by atoms with Gasteiger partial charge in [0.15, 0.2) is 17.7 Å². The Balaban J connectivity index is 1.68. The van der Waals surface area contributed by atoms with Gasteiger partial charge < -0.3 is 19.5 Å². The van der Waals surface area contributed by atoms with E-state index in [2.05, 4.69) is 0 Å². The van der Waals surface area contributed by atoms with Gasteiger partial charge in [-0.3, -0.25) is 9.59 Å². The molecule has 1 N–H and O–H groups in total. The molecular formula is C17H20FNO5. The van der Waals surface area contributed by atoms with Crippen molar-refractivity contribution in [3.63, 3.8) is 0 Å². The van der Waals surface area contributed by atoms with Crippen molar-refractivity contribution in [3.05, 3.63) is 29.6 Å². The zero-order valence-corrected chi connectivity index (χ0v) is 13.2. The number of carbonyl (C=O) groups is 2. The summed E-state index contributed by atoms with van der Waals surface area (Å²) in [6.45, 7) is 1.08. The summed E-state index contributed by atoms with van der Waals surface area (Å²) in [6.07, 6.45) is 1.03. The number of carboxylic acids is 1. The first-order valence-corrected chi connectivity index (χ1v) is 8.11. The highest BCUT2D eigenvalue weighted by Crippen LogP contribution is 2.32. The molecule has 3 rings (SSSR count). The van der Waals surface area contributed by atoms with Gasteiger partial charge in [-0.15, -0.1) is 0 Å². The van der Waals surface area contributed by atoms with Crippen LogP contribution in [-0.2, 0) is 20.7 Å². The van der Waals surface area contributed by atoms with Crippen LogP contribution in [0.3, 0.4) is 0 Å². The second-order valence-electron chi connectivity index (χ2n) is 6.10. The highest BCUT2D eigenvalue weighted by atomic mass is 19.1. The van der Waals surface area contributed by atoms with Crippen LogP contribution in [0.1, 0.15) is 24.8 Å². The summed E-state index contributed by atoms with van der Waals surface area (Å²) >= 11 is 0. The van der Waals surface area contributed by atoms with Crippen molar-refractivity contribution in [2.45, 2.75) is 37.9 Å². The van der Waals surface area contributed by atoms with Crippen LogP contribution >= 0.6 is 0 Å². The molecule has 7 heteroatoms. The van der Waals surface area contributed by atoms with Gasteiger partial charge in [-0.05, 0) is 18.9 Å². The summed E-state index contributed by atoms with van der Waals surface area (Å²) in [7, 11) is 0. The third kappa shape index (κ3) is 3.67. The molecule has 1 saturated heterocycles. The average molecular weight is 337 g/mol. The van der Waals surface area contributed by atoms with E-state index in [1.165, 1.54) is 11.0 Å². The predicted octanol–water partition coefficient (Wildman–Crippen LogP) is 1.61. The summed E-state index contributed by atoms with van der Waals surface area (Å²) in [5, 5.41) is 8.90. The van der Waals surface area contributed by atoms with Crippen molar-refractivity contribution >= 4 is 11.9 Å². The molecule has 1 amide bonds. The molecule has 2 aliphatic rings. The maximum absolute atomic E-state index is 13.8. The first-order chi connectivity index (χ1) is 11.5. The van der Waals surface area contributed by atoms with Gasteiger partial charge in [0.05, 0.1) is 12.5 Å². The van der Waals surface area contributed by atoms with Crippen LogP contribution in [-0.4, -0.2) is 53.8 Å². The fraction of sp³-hybridized carbons (Fsp3) is 0.529. The second-order valence-corrected chi connectivity index (χ2v) is 6.10. The largest absolute Gasteiger partial charge is 0.481 e. The lowest BCUT2D eigenvalue weighted by atomic mass is 10.1. The molecule has 1 fully saturated rings. The zero-order valence-electron chi connectivity index (χ0n) is 13.2. The molecule has 2 atom stereocenters. The van der Waals surface area contributed by atoms with Crippen molar-refractivity contribution in [2.24, 2.45) is 0 Å². The molecule has 6 nitrogen and oxygen atoms in total. The Bertz CT molecular complexity index is 629. The maximum Gasteiger partial charge on any atom is 0.305 e. The molecule has 1 aromatic carbocycles. The third-order valence-corrected chi connectivity index (χ3v) is 4.34. The molecule has 2 aliphatic heterocycles. The number of ether oxygens (including phenoxy) is 2. The summed E-state index contributed by atoms with van der Waals surface area (Å²) in [5.41, 5.74) is 0.656. The van der Waals surface area contributed by atoms with Gasteiger partial charge in [0.2, 0.25) is 0 Å². The molecule has 0 radical (unpaired) electrons. The number of aliphatic carboxylic acids is 1. The quantitative estimate of drug-likeness (QED) is 0.853. The van der Waals surface area contributed by atoms with Gasteiger partial charge in [-0.25, -0.2) is 4.39 Å². The number of halogens is 1. The van der Waals surface area contributed by atoms with Crippen molar-refractivity contribution in [1.29, 1.82) is 0 Å². The molecule has 130 valence electrons. The predicted molar refractivity (Wildman–Crippen MR) is 82.3 cm³/mol. The number of amides is 1. The molecule has 1 aromatic rings. The number of benzene rings is 1. The molecule has 24 heavy (non-hydrogen) atoms. The van der Waals surface area contributed by atoms with Crippen LogP contribution in [0.15, 0.2) is 18.2 Å². The Labute approximate surface area is 139 Å². The SMILES string of the molecule is O=C(O)CCN(C[C@H]1CCCO1)C(=O)[C@H]1Cc2cccc(F)c2O1. The number of rotatable bonds is 6. The van der Waals surface area contributed by atoms with Gasteiger partial charge in [0.1, 0.15) is 0 Å². The van der Waals surface area contributed by atoms with E-state index < -0.39 is 17.9 Å². The van der Waals surface area contributed by atoms with Crippen molar-refractivity contribution in [1.82, 2.24) is 4.90 Å². The smallest absolute Gasteiger partial charge is 0.305 e. The molecule has 0 aromatic heterocycles. The average Bonchev–Trinajstić information content (AvgIpc) is 3.20. The van der Waals surface area contributed by atoms with Crippen molar-refractivity contribution < 1.29 is 28.6 Å². The van der Waals surface area contributed by atoms with Gasteiger partial charge in [0.25, 0.3) is 5.91 Å². The molecular weight excluding hydrogens is 317 g/mol. The lowest BCUT2D eigenvalue weighted by molar-refractivity contribution is -0.142. The Kier molecular flexibility index (Phi) is 4.99. The van der Waals surface area contributed by atoms with Crippen LogP contribution in [0.2, 0.25) is 0 Å². The minimum Gasteiger partial charge on any atom is -0.481 e. The van der Waals surface area contributed by atoms with E-state index in [4.69, 9.17) is 14.6 Å². The van der Waals surface area contributed by atoms with E-state index >= 15 is 0 Å². The van der Waals surface area contributed by atoms with Crippen LogP contribution in [0, 0.1) is 5.82 Å². The van der Waals surface area contributed by atoms with Gasteiger partial charge in [0, 0.05) is 31.7 Å². The first-order valence-electron chi connectivity index (χ1n) is 8.11. The fourth-order valence-corrected chi connectivity index (χ4v) is 3.13. The molecule has 0 saturated carbocycles. The minimum atomic E-state index is -0.971. The molecule has 2 heterocycles. The van der Waals surface area contributed by atoms with Crippen LogP contribution in [0.25, 0.3) is 0 Å². The molecule has 0 spiro atoms. The third-order valence-electron chi connectivity index (χ3n) is 4.34. The monoisotopic (exact) mass is 337 g/mol. The van der Waals surface area contributed by atoms with Crippen LogP contribution in [0.5, 0.6) is 5.75 Å². The van der Waals surface area contributed by atoms with Gasteiger partial charge >= 0.3 is 5.97 Å². The Morgan fingerprint density at radius 3 is 2.88 bits per heavy atom. The fourth-order valence-electron chi connectivity index (χ4n) is 3.13. The number of fused-ring (bicyclic) bond motifs is 1.